The Labute approximate surface area is 142 Å². The van der Waals surface area contributed by atoms with Crippen LogP contribution in [0.5, 0.6) is 0 Å². The van der Waals surface area contributed by atoms with Crippen LogP contribution in [0.1, 0.15) is 25.8 Å². The first-order valence-electron chi connectivity index (χ1n) is 8.29. The molecule has 3 amide bonds. The molecular formula is C17H25FN4O2. The highest BCUT2D eigenvalue weighted by Gasteiger charge is 2.30. The van der Waals surface area contributed by atoms with E-state index in [4.69, 9.17) is 0 Å². The Morgan fingerprint density at radius 1 is 1.38 bits per heavy atom. The third-order valence-electron chi connectivity index (χ3n) is 4.30. The first kappa shape index (κ1) is 18.0. The molecule has 24 heavy (non-hydrogen) atoms. The normalized spacial score (nSPS) is 17.1. The van der Waals surface area contributed by atoms with E-state index in [1.54, 1.807) is 24.1 Å². The van der Waals surface area contributed by atoms with Gasteiger partial charge in [0.15, 0.2) is 0 Å². The second-order valence-electron chi connectivity index (χ2n) is 5.89. The average Bonchev–Trinajstić information content (AvgIpc) is 2.87. The number of likely N-dealkylation sites (N-methyl/N-ethyl adjacent to an activating group) is 1. The first-order valence-corrected chi connectivity index (χ1v) is 8.29. The second kappa shape index (κ2) is 7.99. The minimum atomic E-state index is -0.475. The van der Waals surface area contributed by atoms with E-state index < -0.39 is 12.1 Å². The van der Waals surface area contributed by atoms with Gasteiger partial charge in [0.1, 0.15) is 11.9 Å². The van der Waals surface area contributed by atoms with Crippen molar-refractivity contribution in [2.45, 2.75) is 32.9 Å². The van der Waals surface area contributed by atoms with Crippen molar-refractivity contribution in [2.24, 2.45) is 0 Å². The van der Waals surface area contributed by atoms with Crippen molar-refractivity contribution >= 4 is 17.6 Å². The molecule has 0 aliphatic carbocycles. The van der Waals surface area contributed by atoms with Crippen molar-refractivity contribution in [3.05, 3.63) is 29.6 Å². The highest BCUT2D eigenvalue weighted by atomic mass is 19.1. The van der Waals surface area contributed by atoms with E-state index >= 15 is 0 Å². The van der Waals surface area contributed by atoms with Gasteiger partial charge in [-0.05, 0) is 38.0 Å². The van der Waals surface area contributed by atoms with Crippen molar-refractivity contribution in [2.75, 3.05) is 31.6 Å². The minimum absolute atomic E-state index is 0.0835. The fourth-order valence-electron chi connectivity index (χ4n) is 2.83. The summed E-state index contributed by atoms with van der Waals surface area (Å²) in [6, 6.07) is 4.06. The number of rotatable bonds is 6. The van der Waals surface area contributed by atoms with Crippen LogP contribution in [-0.4, -0.2) is 49.6 Å². The molecule has 1 aromatic rings. The molecule has 0 aromatic heterocycles. The Morgan fingerprint density at radius 3 is 2.62 bits per heavy atom. The predicted octanol–water partition coefficient (Wildman–Crippen LogP) is 1.70. The molecule has 0 saturated carbocycles. The zero-order valence-corrected chi connectivity index (χ0v) is 14.4. The Bertz CT molecular complexity index is 604. The fraction of sp³-hybridized carbons (Fsp3) is 0.529. The highest BCUT2D eigenvalue weighted by Crippen LogP contribution is 2.20. The van der Waals surface area contributed by atoms with Gasteiger partial charge in [0, 0.05) is 33.2 Å². The van der Waals surface area contributed by atoms with Gasteiger partial charge >= 0.3 is 6.03 Å². The van der Waals surface area contributed by atoms with E-state index in [1.807, 2.05) is 18.7 Å². The lowest BCUT2D eigenvalue weighted by atomic mass is 10.2. The Morgan fingerprint density at radius 2 is 2.08 bits per heavy atom. The zero-order chi connectivity index (χ0) is 17.7. The Kier molecular flexibility index (Phi) is 6.00. The molecule has 7 heteroatoms. The number of anilines is 1. The molecule has 0 spiro atoms. The number of likely N-dealkylation sites (tertiary alicyclic amines) is 1. The van der Waals surface area contributed by atoms with E-state index in [0.717, 1.165) is 13.1 Å². The molecule has 0 unspecified atom stereocenters. The van der Waals surface area contributed by atoms with E-state index in [0.29, 0.717) is 24.2 Å². The SMILES string of the molecule is CCN(CC)c1ccc(CNC(=O)N[C@@H]2CCN(C)C2=O)cc1F. The van der Waals surface area contributed by atoms with E-state index in [9.17, 15) is 14.0 Å². The summed E-state index contributed by atoms with van der Waals surface area (Å²) < 4.78 is 14.2. The van der Waals surface area contributed by atoms with E-state index in [2.05, 4.69) is 10.6 Å². The van der Waals surface area contributed by atoms with Crippen molar-refractivity contribution < 1.29 is 14.0 Å². The lowest BCUT2D eigenvalue weighted by Gasteiger charge is -2.22. The number of nitrogens with one attached hydrogen (secondary N) is 2. The molecule has 132 valence electrons. The van der Waals surface area contributed by atoms with Gasteiger partial charge in [0.25, 0.3) is 0 Å². The van der Waals surface area contributed by atoms with Crippen molar-refractivity contribution in [1.29, 1.82) is 0 Å². The van der Waals surface area contributed by atoms with Crippen LogP contribution in [0.3, 0.4) is 0 Å². The van der Waals surface area contributed by atoms with Crippen molar-refractivity contribution in [3.8, 4) is 0 Å². The monoisotopic (exact) mass is 336 g/mol. The maximum absolute atomic E-state index is 14.2. The summed E-state index contributed by atoms with van der Waals surface area (Å²) in [4.78, 5) is 27.2. The first-order chi connectivity index (χ1) is 11.5. The van der Waals surface area contributed by atoms with Gasteiger partial charge in [-0.1, -0.05) is 6.07 Å². The summed E-state index contributed by atoms with van der Waals surface area (Å²) in [7, 11) is 1.71. The summed E-state index contributed by atoms with van der Waals surface area (Å²) in [6.45, 7) is 6.27. The van der Waals surface area contributed by atoms with Gasteiger partial charge in [-0.15, -0.1) is 0 Å². The molecule has 6 nitrogen and oxygen atoms in total. The number of hydrogen-bond acceptors (Lipinski definition) is 3. The van der Waals surface area contributed by atoms with Crippen LogP contribution < -0.4 is 15.5 Å². The summed E-state index contributed by atoms with van der Waals surface area (Å²) >= 11 is 0. The van der Waals surface area contributed by atoms with Crippen LogP contribution in [0, 0.1) is 5.82 Å². The van der Waals surface area contributed by atoms with E-state index in [-0.39, 0.29) is 18.3 Å². The van der Waals surface area contributed by atoms with Crippen LogP contribution >= 0.6 is 0 Å². The number of amides is 3. The molecule has 2 N–H and O–H groups in total. The number of benzene rings is 1. The summed E-state index contributed by atoms with van der Waals surface area (Å²) in [6.07, 6.45) is 0.607. The lowest BCUT2D eigenvalue weighted by Crippen LogP contribution is -2.45. The predicted molar refractivity (Wildman–Crippen MR) is 91.4 cm³/mol. The quantitative estimate of drug-likeness (QED) is 0.831. The standard InChI is InChI=1S/C17H25FN4O2/c1-4-22(5-2)15-7-6-12(10-13(15)18)11-19-17(24)20-14-8-9-21(3)16(14)23/h6-7,10,14H,4-5,8-9,11H2,1-3H3,(H2,19,20,24)/t14-/m1/s1. The Hall–Kier alpha value is -2.31. The third-order valence-corrected chi connectivity index (χ3v) is 4.30. The summed E-state index contributed by atoms with van der Waals surface area (Å²) in [5.74, 6) is -0.384. The molecule has 1 saturated heterocycles. The molecule has 1 aliphatic rings. The molecule has 1 aliphatic heterocycles. The largest absolute Gasteiger partial charge is 0.370 e. The maximum Gasteiger partial charge on any atom is 0.315 e. The third kappa shape index (κ3) is 4.15. The van der Waals surface area contributed by atoms with Crippen molar-refractivity contribution in [1.82, 2.24) is 15.5 Å². The molecule has 1 aromatic carbocycles. The number of halogens is 1. The van der Waals surface area contributed by atoms with Crippen LogP contribution in [0.15, 0.2) is 18.2 Å². The highest BCUT2D eigenvalue weighted by molar-refractivity contribution is 5.88. The summed E-state index contributed by atoms with van der Waals surface area (Å²) in [5, 5.41) is 5.31. The van der Waals surface area contributed by atoms with Crippen LogP contribution in [0.2, 0.25) is 0 Å². The smallest absolute Gasteiger partial charge is 0.315 e. The molecule has 2 rings (SSSR count). The molecule has 1 atom stereocenters. The maximum atomic E-state index is 14.2. The molecule has 0 bridgehead atoms. The van der Waals surface area contributed by atoms with Gasteiger partial charge in [0.2, 0.25) is 5.91 Å². The van der Waals surface area contributed by atoms with Gasteiger partial charge in [0.05, 0.1) is 5.69 Å². The molecule has 0 radical (unpaired) electrons. The minimum Gasteiger partial charge on any atom is -0.370 e. The fourth-order valence-corrected chi connectivity index (χ4v) is 2.83. The van der Waals surface area contributed by atoms with Crippen molar-refractivity contribution in [3.63, 3.8) is 0 Å². The van der Waals surface area contributed by atoms with Crippen LogP contribution in [0.25, 0.3) is 0 Å². The molecule has 1 fully saturated rings. The Balaban J connectivity index is 1.89. The number of carbonyl (C=O) groups is 2. The van der Waals surface area contributed by atoms with Gasteiger partial charge in [-0.25, -0.2) is 9.18 Å². The number of hydrogen-bond donors (Lipinski definition) is 2. The second-order valence-corrected chi connectivity index (χ2v) is 5.89. The number of nitrogens with zero attached hydrogens (tertiary/aromatic N) is 2. The topological polar surface area (TPSA) is 64.7 Å². The number of carbonyl (C=O) groups excluding carboxylic acids is 2. The van der Waals surface area contributed by atoms with Gasteiger partial charge in [-0.2, -0.15) is 0 Å². The number of urea groups is 1. The average molecular weight is 336 g/mol. The zero-order valence-electron chi connectivity index (χ0n) is 14.4. The van der Waals surface area contributed by atoms with E-state index in [1.165, 1.54) is 6.07 Å². The lowest BCUT2D eigenvalue weighted by molar-refractivity contribution is -0.128. The van der Waals surface area contributed by atoms with Crippen LogP contribution in [0.4, 0.5) is 14.9 Å². The van der Waals surface area contributed by atoms with Gasteiger partial charge < -0.3 is 20.4 Å². The summed E-state index contributed by atoms with van der Waals surface area (Å²) in [5.41, 5.74) is 1.24. The molecular weight excluding hydrogens is 311 g/mol. The van der Waals surface area contributed by atoms with Gasteiger partial charge in [-0.3, -0.25) is 4.79 Å². The van der Waals surface area contributed by atoms with Crippen LogP contribution in [-0.2, 0) is 11.3 Å². The molecule has 1 heterocycles.